The number of carbonyl (C=O) groups is 1. The SMILES string of the molecule is CC/C=C/[C@@H]1C(C=O)=CC=C2CCCC[C@H]21. The molecule has 0 aliphatic heterocycles. The third-order valence-corrected chi connectivity index (χ3v) is 3.73. The zero-order chi connectivity index (χ0) is 11.4. The van der Waals surface area contributed by atoms with Gasteiger partial charge in [0.2, 0.25) is 0 Å². The molecular formula is C15H20O. The third kappa shape index (κ3) is 2.18. The number of carbonyl (C=O) groups excluding carboxylic acids is 1. The summed E-state index contributed by atoms with van der Waals surface area (Å²) >= 11 is 0. The molecule has 0 bridgehead atoms. The Bertz CT molecular complexity index is 346. The van der Waals surface area contributed by atoms with E-state index in [1.165, 1.54) is 25.7 Å². The summed E-state index contributed by atoms with van der Waals surface area (Å²) in [5, 5.41) is 0. The summed E-state index contributed by atoms with van der Waals surface area (Å²) in [4.78, 5) is 11.1. The summed E-state index contributed by atoms with van der Waals surface area (Å²) in [6.45, 7) is 2.14. The van der Waals surface area contributed by atoms with E-state index in [1.807, 2.05) is 6.08 Å². The van der Waals surface area contributed by atoms with Crippen LogP contribution in [-0.4, -0.2) is 6.29 Å². The van der Waals surface area contributed by atoms with E-state index >= 15 is 0 Å². The average Bonchev–Trinajstić information content (AvgIpc) is 2.35. The third-order valence-electron chi connectivity index (χ3n) is 3.73. The molecule has 2 aliphatic carbocycles. The number of hydrogen-bond donors (Lipinski definition) is 0. The van der Waals surface area contributed by atoms with E-state index in [9.17, 15) is 4.79 Å². The largest absolute Gasteiger partial charge is 0.298 e. The monoisotopic (exact) mass is 216 g/mol. The van der Waals surface area contributed by atoms with Crippen LogP contribution in [0, 0.1) is 11.8 Å². The lowest BCUT2D eigenvalue weighted by Crippen LogP contribution is -2.23. The van der Waals surface area contributed by atoms with E-state index in [0.29, 0.717) is 11.8 Å². The highest BCUT2D eigenvalue weighted by atomic mass is 16.1. The fourth-order valence-corrected chi connectivity index (χ4v) is 2.87. The first-order valence-corrected chi connectivity index (χ1v) is 6.39. The lowest BCUT2D eigenvalue weighted by atomic mass is 9.71. The maximum Gasteiger partial charge on any atom is 0.146 e. The van der Waals surface area contributed by atoms with E-state index in [2.05, 4.69) is 25.2 Å². The van der Waals surface area contributed by atoms with Gasteiger partial charge in [-0.25, -0.2) is 0 Å². The highest BCUT2D eigenvalue weighted by Crippen LogP contribution is 2.40. The summed E-state index contributed by atoms with van der Waals surface area (Å²) in [6, 6.07) is 0. The maximum atomic E-state index is 11.1. The van der Waals surface area contributed by atoms with Gasteiger partial charge in [-0.2, -0.15) is 0 Å². The van der Waals surface area contributed by atoms with Crippen LogP contribution in [-0.2, 0) is 4.79 Å². The van der Waals surface area contributed by atoms with Crippen molar-refractivity contribution in [3.63, 3.8) is 0 Å². The Balaban J connectivity index is 2.25. The predicted octanol–water partition coefficient (Wildman–Crippen LogP) is 3.82. The molecule has 0 unspecified atom stereocenters. The molecule has 0 spiro atoms. The van der Waals surface area contributed by atoms with Gasteiger partial charge in [0.15, 0.2) is 0 Å². The van der Waals surface area contributed by atoms with E-state index in [-0.39, 0.29) is 0 Å². The van der Waals surface area contributed by atoms with Crippen molar-refractivity contribution >= 4 is 6.29 Å². The Kier molecular flexibility index (Phi) is 3.76. The molecule has 0 amide bonds. The number of rotatable bonds is 3. The second-order valence-corrected chi connectivity index (χ2v) is 4.74. The summed E-state index contributed by atoms with van der Waals surface area (Å²) in [5.74, 6) is 0.944. The van der Waals surface area contributed by atoms with Crippen LogP contribution in [0.2, 0.25) is 0 Å². The second kappa shape index (κ2) is 5.29. The molecule has 2 atom stereocenters. The van der Waals surface area contributed by atoms with Crippen molar-refractivity contribution in [2.24, 2.45) is 11.8 Å². The van der Waals surface area contributed by atoms with E-state index in [0.717, 1.165) is 18.3 Å². The standard InChI is InChI=1S/C15H20O/c1-2-3-7-15-13(11-16)10-9-12-6-4-5-8-14(12)15/h3,7,9-11,14-15H,2,4-6,8H2,1H3/b7-3+/t14-,15-/m1/s1. The van der Waals surface area contributed by atoms with Gasteiger partial charge in [-0.3, -0.25) is 4.79 Å². The Morgan fingerprint density at radius 2 is 2.25 bits per heavy atom. The molecule has 0 heterocycles. The quantitative estimate of drug-likeness (QED) is 0.517. The molecule has 0 radical (unpaired) electrons. The van der Waals surface area contributed by atoms with Gasteiger partial charge < -0.3 is 0 Å². The fourth-order valence-electron chi connectivity index (χ4n) is 2.87. The number of allylic oxidation sites excluding steroid dienone is 6. The van der Waals surface area contributed by atoms with Gasteiger partial charge in [0.1, 0.15) is 6.29 Å². The summed E-state index contributed by atoms with van der Waals surface area (Å²) in [7, 11) is 0. The van der Waals surface area contributed by atoms with Crippen molar-refractivity contribution < 1.29 is 4.79 Å². The molecule has 1 nitrogen and oxygen atoms in total. The Morgan fingerprint density at radius 1 is 1.38 bits per heavy atom. The fraction of sp³-hybridized carbons (Fsp3) is 0.533. The first-order chi connectivity index (χ1) is 7.86. The number of fused-ring (bicyclic) bond motifs is 1. The number of aldehydes is 1. The van der Waals surface area contributed by atoms with Gasteiger partial charge in [0.05, 0.1) is 0 Å². The molecule has 0 aromatic carbocycles. The van der Waals surface area contributed by atoms with Crippen molar-refractivity contribution in [2.75, 3.05) is 0 Å². The summed E-state index contributed by atoms with van der Waals surface area (Å²) < 4.78 is 0. The van der Waals surface area contributed by atoms with Crippen molar-refractivity contribution in [3.05, 3.63) is 35.5 Å². The van der Waals surface area contributed by atoms with Gasteiger partial charge in [-0.15, -0.1) is 0 Å². The second-order valence-electron chi connectivity index (χ2n) is 4.74. The van der Waals surface area contributed by atoms with E-state index < -0.39 is 0 Å². The zero-order valence-corrected chi connectivity index (χ0v) is 9.99. The lowest BCUT2D eigenvalue weighted by Gasteiger charge is -2.33. The highest BCUT2D eigenvalue weighted by Gasteiger charge is 2.29. The zero-order valence-electron chi connectivity index (χ0n) is 9.99. The van der Waals surface area contributed by atoms with Gasteiger partial charge >= 0.3 is 0 Å². The molecule has 1 saturated carbocycles. The highest BCUT2D eigenvalue weighted by molar-refractivity contribution is 5.76. The molecule has 2 aliphatic rings. The van der Waals surface area contributed by atoms with Crippen molar-refractivity contribution in [1.29, 1.82) is 0 Å². The maximum absolute atomic E-state index is 11.1. The molecule has 16 heavy (non-hydrogen) atoms. The van der Waals surface area contributed by atoms with Crippen molar-refractivity contribution in [1.82, 2.24) is 0 Å². The molecule has 0 N–H and O–H groups in total. The van der Waals surface area contributed by atoms with E-state index in [4.69, 9.17) is 0 Å². The summed E-state index contributed by atoms with van der Waals surface area (Å²) in [6.07, 6.45) is 15.8. The topological polar surface area (TPSA) is 17.1 Å². The van der Waals surface area contributed by atoms with Crippen LogP contribution in [0.4, 0.5) is 0 Å². The molecule has 1 fully saturated rings. The molecule has 0 aromatic rings. The van der Waals surface area contributed by atoms with Gasteiger partial charge in [0.25, 0.3) is 0 Å². The minimum Gasteiger partial charge on any atom is -0.298 e. The normalized spacial score (nSPS) is 29.6. The molecule has 0 aromatic heterocycles. The Hall–Kier alpha value is -1.11. The van der Waals surface area contributed by atoms with Gasteiger partial charge in [0, 0.05) is 5.92 Å². The lowest BCUT2D eigenvalue weighted by molar-refractivity contribution is -0.105. The number of hydrogen-bond acceptors (Lipinski definition) is 1. The van der Waals surface area contributed by atoms with Crippen LogP contribution in [0.3, 0.4) is 0 Å². The van der Waals surface area contributed by atoms with Crippen molar-refractivity contribution in [2.45, 2.75) is 39.0 Å². The van der Waals surface area contributed by atoms with Gasteiger partial charge in [-0.05, 0) is 37.2 Å². The van der Waals surface area contributed by atoms with Crippen LogP contribution < -0.4 is 0 Å². The van der Waals surface area contributed by atoms with Crippen LogP contribution in [0.1, 0.15) is 39.0 Å². The summed E-state index contributed by atoms with van der Waals surface area (Å²) in [5.41, 5.74) is 2.52. The van der Waals surface area contributed by atoms with Crippen LogP contribution in [0.25, 0.3) is 0 Å². The predicted molar refractivity (Wildman–Crippen MR) is 67.1 cm³/mol. The van der Waals surface area contributed by atoms with Gasteiger partial charge in [-0.1, -0.05) is 43.2 Å². The molecule has 0 saturated heterocycles. The molecular weight excluding hydrogens is 196 g/mol. The molecule has 86 valence electrons. The van der Waals surface area contributed by atoms with Crippen molar-refractivity contribution in [3.8, 4) is 0 Å². The smallest absolute Gasteiger partial charge is 0.146 e. The molecule has 2 rings (SSSR count). The van der Waals surface area contributed by atoms with Crippen LogP contribution in [0.15, 0.2) is 35.5 Å². The van der Waals surface area contributed by atoms with Crippen LogP contribution >= 0.6 is 0 Å². The first-order valence-electron chi connectivity index (χ1n) is 6.39. The Morgan fingerprint density at radius 3 is 3.00 bits per heavy atom. The minimum absolute atomic E-state index is 0.345. The van der Waals surface area contributed by atoms with E-state index in [1.54, 1.807) is 5.57 Å². The minimum atomic E-state index is 0.345. The average molecular weight is 216 g/mol. The molecule has 1 heteroatoms. The Labute approximate surface area is 97.9 Å². The van der Waals surface area contributed by atoms with Crippen LogP contribution in [0.5, 0.6) is 0 Å². The first kappa shape index (κ1) is 11.4.